The van der Waals surface area contributed by atoms with Crippen molar-refractivity contribution in [2.24, 2.45) is 0 Å². The zero-order valence-electron chi connectivity index (χ0n) is 17.5. The van der Waals surface area contributed by atoms with E-state index in [1.165, 1.54) is 22.5 Å². The lowest BCUT2D eigenvalue weighted by molar-refractivity contribution is -0.119. The fourth-order valence-corrected chi connectivity index (χ4v) is 4.80. The van der Waals surface area contributed by atoms with Gasteiger partial charge in [-0.05, 0) is 42.8 Å². The number of nitrogens with zero attached hydrogens (tertiary/aromatic N) is 1. The molecule has 2 aromatic carbocycles. The molecule has 9 nitrogen and oxygen atoms in total. The SMILES string of the molecule is CCN(CC)S(=O)(=O)c1cc(NC(=O)COC(=O)c2ccc3c(c2)OCO3)ccc1C. The van der Waals surface area contributed by atoms with Gasteiger partial charge in [-0.1, -0.05) is 19.9 Å². The van der Waals surface area contributed by atoms with Crippen molar-refractivity contribution in [1.82, 2.24) is 4.31 Å². The van der Waals surface area contributed by atoms with Gasteiger partial charge in [0.05, 0.1) is 10.5 Å². The largest absolute Gasteiger partial charge is 0.454 e. The van der Waals surface area contributed by atoms with Crippen molar-refractivity contribution in [3.8, 4) is 11.5 Å². The highest BCUT2D eigenvalue weighted by atomic mass is 32.2. The normalized spacial score (nSPS) is 12.6. The van der Waals surface area contributed by atoms with Crippen molar-refractivity contribution < 1.29 is 32.2 Å². The molecule has 0 bridgehead atoms. The molecule has 0 aliphatic carbocycles. The molecule has 3 rings (SSSR count). The van der Waals surface area contributed by atoms with Crippen molar-refractivity contribution in [1.29, 1.82) is 0 Å². The number of carbonyl (C=O) groups is 2. The first-order valence-corrected chi connectivity index (χ1v) is 11.2. The Morgan fingerprint density at radius 1 is 1.06 bits per heavy atom. The molecule has 0 unspecified atom stereocenters. The number of fused-ring (bicyclic) bond motifs is 1. The average molecular weight is 448 g/mol. The maximum atomic E-state index is 12.8. The molecule has 166 valence electrons. The number of anilines is 1. The lowest BCUT2D eigenvalue weighted by atomic mass is 10.2. The van der Waals surface area contributed by atoms with Crippen LogP contribution in [-0.4, -0.2) is 51.1 Å². The van der Waals surface area contributed by atoms with Crippen LogP contribution in [0.15, 0.2) is 41.3 Å². The minimum absolute atomic E-state index is 0.0821. The predicted octanol–water partition coefficient (Wildman–Crippen LogP) is 2.55. The first-order valence-electron chi connectivity index (χ1n) is 9.73. The van der Waals surface area contributed by atoms with E-state index in [-0.39, 0.29) is 17.3 Å². The van der Waals surface area contributed by atoms with Crippen molar-refractivity contribution in [2.75, 3.05) is 31.8 Å². The summed E-state index contributed by atoms with van der Waals surface area (Å²) in [5.74, 6) is -0.323. The van der Waals surface area contributed by atoms with Crippen molar-refractivity contribution in [2.45, 2.75) is 25.7 Å². The molecule has 1 N–H and O–H groups in total. The van der Waals surface area contributed by atoms with E-state index in [1.807, 2.05) is 0 Å². The Labute approximate surface area is 181 Å². The standard InChI is InChI=1S/C21H24N2O7S/c1-4-23(5-2)31(26,27)19-11-16(8-6-14(19)3)22-20(24)12-28-21(25)15-7-9-17-18(10-15)30-13-29-17/h6-11H,4-5,12-13H2,1-3H3,(H,22,24). The molecule has 0 saturated carbocycles. The summed E-state index contributed by atoms with van der Waals surface area (Å²) >= 11 is 0. The van der Waals surface area contributed by atoms with Gasteiger partial charge in [0.1, 0.15) is 0 Å². The van der Waals surface area contributed by atoms with E-state index in [0.717, 1.165) is 0 Å². The van der Waals surface area contributed by atoms with Crippen LogP contribution in [0, 0.1) is 6.92 Å². The summed E-state index contributed by atoms with van der Waals surface area (Å²) in [7, 11) is -3.68. The van der Waals surface area contributed by atoms with E-state index >= 15 is 0 Å². The maximum Gasteiger partial charge on any atom is 0.338 e. The topological polar surface area (TPSA) is 111 Å². The van der Waals surface area contributed by atoms with Gasteiger partial charge in [0, 0.05) is 18.8 Å². The number of hydrogen-bond donors (Lipinski definition) is 1. The molecule has 1 aliphatic heterocycles. The lowest BCUT2D eigenvalue weighted by Gasteiger charge is -2.20. The quantitative estimate of drug-likeness (QED) is 0.618. The van der Waals surface area contributed by atoms with Gasteiger partial charge < -0.3 is 19.5 Å². The number of benzene rings is 2. The van der Waals surface area contributed by atoms with Gasteiger partial charge in [0.25, 0.3) is 5.91 Å². The number of ether oxygens (including phenoxy) is 3. The molecule has 1 amide bonds. The lowest BCUT2D eigenvalue weighted by Crippen LogP contribution is -2.31. The molecular formula is C21H24N2O7S. The number of nitrogens with one attached hydrogen (secondary N) is 1. The molecule has 1 heterocycles. The van der Waals surface area contributed by atoms with Crippen LogP contribution in [-0.2, 0) is 19.6 Å². The Balaban J connectivity index is 1.65. The van der Waals surface area contributed by atoms with Crippen molar-refractivity contribution in [3.05, 3.63) is 47.5 Å². The first kappa shape index (κ1) is 22.6. The highest BCUT2D eigenvalue weighted by molar-refractivity contribution is 7.89. The molecule has 1 aliphatic rings. The summed E-state index contributed by atoms with van der Waals surface area (Å²) in [5, 5.41) is 2.56. The van der Waals surface area contributed by atoms with E-state index in [9.17, 15) is 18.0 Å². The van der Waals surface area contributed by atoms with Crippen LogP contribution < -0.4 is 14.8 Å². The van der Waals surface area contributed by atoms with Crippen LogP contribution in [0.25, 0.3) is 0 Å². The van der Waals surface area contributed by atoms with Gasteiger partial charge in [-0.2, -0.15) is 4.31 Å². The van der Waals surface area contributed by atoms with E-state index in [1.54, 1.807) is 39.0 Å². The number of sulfonamides is 1. The molecule has 0 radical (unpaired) electrons. The Morgan fingerprint density at radius 3 is 2.48 bits per heavy atom. The van der Waals surface area contributed by atoms with Crippen LogP contribution in [0.5, 0.6) is 11.5 Å². The smallest absolute Gasteiger partial charge is 0.338 e. The van der Waals surface area contributed by atoms with Crippen LogP contribution in [0.1, 0.15) is 29.8 Å². The van der Waals surface area contributed by atoms with Gasteiger partial charge in [-0.3, -0.25) is 4.79 Å². The van der Waals surface area contributed by atoms with Crippen LogP contribution in [0.2, 0.25) is 0 Å². The Morgan fingerprint density at radius 2 is 1.77 bits per heavy atom. The molecule has 0 aromatic heterocycles. The second-order valence-electron chi connectivity index (χ2n) is 6.76. The number of amides is 1. The number of rotatable bonds is 8. The molecule has 0 atom stereocenters. The van der Waals surface area contributed by atoms with E-state index in [4.69, 9.17) is 14.2 Å². The highest BCUT2D eigenvalue weighted by Gasteiger charge is 2.24. The van der Waals surface area contributed by atoms with Crippen molar-refractivity contribution >= 4 is 27.6 Å². The summed E-state index contributed by atoms with van der Waals surface area (Å²) in [6.45, 7) is 5.44. The van der Waals surface area contributed by atoms with Gasteiger partial charge in [-0.15, -0.1) is 0 Å². The third-order valence-corrected chi connectivity index (χ3v) is 6.93. The monoisotopic (exact) mass is 448 g/mol. The zero-order chi connectivity index (χ0) is 22.6. The van der Waals surface area contributed by atoms with Gasteiger partial charge in [0.15, 0.2) is 18.1 Å². The molecule has 0 fully saturated rings. The number of hydrogen-bond acceptors (Lipinski definition) is 7. The third-order valence-electron chi connectivity index (χ3n) is 4.74. The Hall–Kier alpha value is -3.11. The number of esters is 1. The molecule has 10 heteroatoms. The second kappa shape index (κ2) is 9.36. The van der Waals surface area contributed by atoms with E-state index in [0.29, 0.717) is 35.8 Å². The Bertz CT molecular complexity index is 1090. The van der Waals surface area contributed by atoms with E-state index in [2.05, 4.69) is 5.32 Å². The highest BCUT2D eigenvalue weighted by Crippen LogP contribution is 2.32. The predicted molar refractivity (Wildman–Crippen MR) is 113 cm³/mol. The fraction of sp³-hybridized carbons (Fsp3) is 0.333. The molecule has 0 spiro atoms. The average Bonchev–Trinajstić information content (AvgIpc) is 3.22. The molecular weight excluding hydrogens is 424 g/mol. The van der Waals surface area contributed by atoms with Crippen molar-refractivity contribution in [3.63, 3.8) is 0 Å². The maximum absolute atomic E-state index is 12.8. The molecule has 31 heavy (non-hydrogen) atoms. The third kappa shape index (κ3) is 4.97. The summed E-state index contributed by atoms with van der Waals surface area (Å²) in [5.41, 5.74) is 1.08. The minimum Gasteiger partial charge on any atom is -0.454 e. The van der Waals surface area contributed by atoms with Gasteiger partial charge in [0.2, 0.25) is 16.8 Å². The summed E-state index contributed by atoms with van der Waals surface area (Å²) < 4.78 is 42.4. The minimum atomic E-state index is -3.68. The summed E-state index contributed by atoms with van der Waals surface area (Å²) in [6, 6.07) is 9.19. The van der Waals surface area contributed by atoms with Gasteiger partial charge >= 0.3 is 5.97 Å². The molecule has 0 saturated heterocycles. The van der Waals surface area contributed by atoms with Crippen LogP contribution >= 0.6 is 0 Å². The van der Waals surface area contributed by atoms with Gasteiger partial charge in [-0.25, -0.2) is 13.2 Å². The first-order chi connectivity index (χ1) is 14.8. The Kier molecular flexibility index (Phi) is 6.81. The fourth-order valence-electron chi connectivity index (χ4n) is 3.09. The summed E-state index contributed by atoms with van der Waals surface area (Å²) in [4.78, 5) is 24.5. The second-order valence-corrected chi connectivity index (χ2v) is 8.67. The number of carbonyl (C=O) groups excluding carboxylic acids is 2. The summed E-state index contributed by atoms with van der Waals surface area (Å²) in [6.07, 6.45) is 0. The van der Waals surface area contributed by atoms with Crippen LogP contribution in [0.3, 0.4) is 0 Å². The van der Waals surface area contributed by atoms with E-state index < -0.39 is 28.5 Å². The molecule has 2 aromatic rings. The van der Waals surface area contributed by atoms with Crippen LogP contribution in [0.4, 0.5) is 5.69 Å². The zero-order valence-corrected chi connectivity index (χ0v) is 18.3. The number of aryl methyl sites for hydroxylation is 1.